The number of alkyl halides is 3. The first kappa shape index (κ1) is 28.2. The van der Waals surface area contributed by atoms with Gasteiger partial charge in [-0.25, -0.2) is 5.48 Å². The fraction of sp³-hybridized carbons (Fsp3) is 0.708. The first-order chi connectivity index (χ1) is 16.2. The molecule has 5 atom stereocenters. The molecule has 1 aliphatic carbocycles. The number of rotatable bonds is 14. The number of unbranched alkanes of at least 4 members (excludes halogenated alkanes) is 3. The third-order valence-electron chi connectivity index (χ3n) is 6.83. The van der Waals surface area contributed by atoms with Crippen molar-refractivity contribution in [1.82, 2.24) is 5.48 Å². The third-order valence-corrected chi connectivity index (χ3v) is 6.83. The maximum atomic E-state index is 12.9. The molecule has 1 saturated carbocycles. The van der Waals surface area contributed by atoms with Crippen LogP contribution in [0.2, 0.25) is 0 Å². The van der Waals surface area contributed by atoms with Gasteiger partial charge in [0, 0.05) is 6.42 Å². The van der Waals surface area contributed by atoms with Crippen molar-refractivity contribution >= 4 is 5.91 Å². The summed E-state index contributed by atoms with van der Waals surface area (Å²) in [6, 6.07) is 4.57. The van der Waals surface area contributed by atoms with Crippen LogP contribution in [-0.2, 0) is 17.4 Å². The normalized spacial score (nSPS) is 23.6. The van der Waals surface area contributed by atoms with E-state index in [0.717, 1.165) is 31.4 Å². The SMILES string of the molecule is O=NC1C[C@H](O)[C@H](CCCCCCC(=O)NO)[C@H]1CC[C@@H](O)CCc1cccc(C(F)(F)F)c1. The topological polar surface area (TPSA) is 119 Å². The minimum absolute atomic E-state index is 0.0980. The Morgan fingerprint density at radius 1 is 1.12 bits per heavy atom. The molecular weight excluding hydrogens is 453 g/mol. The highest BCUT2D eigenvalue weighted by Gasteiger charge is 2.42. The summed E-state index contributed by atoms with van der Waals surface area (Å²) in [5.74, 6) is -0.659. The van der Waals surface area contributed by atoms with Crippen molar-refractivity contribution in [1.29, 1.82) is 0 Å². The van der Waals surface area contributed by atoms with Crippen LogP contribution in [-0.4, -0.2) is 39.6 Å². The number of hydrogen-bond donors (Lipinski definition) is 4. The van der Waals surface area contributed by atoms with E-state index < -0.39 is 35.9 Å². The van der Waals surface area contributed by atoms with Crippen molar-refractivity contribution in [2.75, 3.05) is 0 Å². The highest BCUT2D eigenvalue weighted by molar-refractivity contribution is 5.74. The Labute approximate surface area is 197 Å². The van der Waals surface area contributed by atoms with Crippen LogP contribution in [0.3, 0.4) is 0 Å². The molecule has 10 heteroatoms. The molecule has 1 fully saturated rings. The van der Waals surface area contributed by atoms with Crippen molar-refractivity contribution < 1.29 is 33.4 Å². The molecule has 0 spiro atoms. The zero-order chi connectivity index (χ0) is 25.1. The first-order valence-electron chi connectivity index (χ1n) is 11.9. The van der Waals surface area contributed by atoms with Gasteiger partial charge in [-0.1, -0.05) is 42.6 Å². The number of hydrogen-bond acceptors (Lipinski definition) is 6. The number of benzene rings is 1. The summed E-state index contributed by atoms with van der Waals surface area (Å²) < 4.78 is 38.6. The lowest BCUT2D eigenvalue weighted by Gasteiger charge is -2.24. The molecule has 0 bridgehead atoms. The molecule has 1 amide bonds. The average molecular weight is 489 g/mol. The zero-order valence-electron chi connectivity index (χ0n) is 19.2. The van der Waals surface area contributed by atoms with Crippen LogP contribution in [0.15, 0.2) is 29.4 Å². The molecule has 1 aromatic carbocycles. The second-order valence-electron chi connectivity index (χ2n) is 9.26. The van der Waals surface area contributed by atoms with E-state index in [1.165, 1.54) is 6.07 Å². The molecular formula is C24H35F3N2O5. The number of hydroxylamine groups is 1. The van der Waals surface area contributed by atoms with Gasteiger partial charge in [-0.2, -0.15) is 18.1 Å². The lowest BCUT2D eigenvalue weighted by atomic mass is 9.84. The van der Waals surface area contributed by atoms with Gasteiger partial charge in [0.15, 0.2) is 0 Å². The van der Waals surface area contributed by atoms with E-state index in [1.54, 1.807) is 11.5 Å². The molecule has 4 N–H and O–H groups in total. The number of nitrogens with zero attached hydrogens (tertiary/aromatic N) is 1. The largest absolute Gasteiger partial charge is 0.416 e. The van der Waals surface area contributed by atoms with Crippen LogP contribution >= 0.6 is 0 Å². The van der Waals surface area contributed by atoms with Gasteiger partial charge in [0.2, 0.25) is 5.91 Å². The van der Waals surface area contributed by atoms with Crippen molar-refractivity contribution in [3.63, 3.8) is 0 Å². The standard InChI is InChI=1S/C24H35F3N2O5/c25-24(26,27)17-7-5-6-16(14-17)10-11-18(30)12-13-19-20(22(31)15-21(19)28-33)8-3-1-2-4-9-23(32)29-34/h5-7,14,18-22,30-31,34H,1-4,8-13,15H2,(H,29,32)/t18-,19+,20+,21?,22-/m0/s1. The van der Waals surface area contributed by atoms with E-state index >= 15 is 0 Å². The monoisotopic (exact) mass is 488 g/mol. The summed E-state index contributed by atoms with van der Waals surface area (Å²) in [7, 11) is 0. The number of nitrogens with one attached hydrogen (secondary N) is 1. The summed E-state index contributed by atoms with van der Waals surface area (Å²) in [4.78, 5) is 22.3. The Morgan fingerprint density at radius 3 is 2.53 bits per heavy atom. The summed E-state index contributed by atoms with van der Waals surface area (Å²) >= 11 is 0. The van der Waals surface area contributed by atoms with Crippen LogP contribution in [0.1, 0.15) is 75.3 Å². The van der Waals surface area contributed by atoms with Crippen molar-refractivity contribution in [3.05, 3.63) is 40.3 Å². The van der Waals surface area contributed by atoms with E-state index in [9.17, 15) is 33.1 Å². The van der Waals surface area contributed by atoms with Gasteiger partial charge in [-0.3, -0.25) is 10.0 Å². The molecule has 2 rings (SSSR count). The predicted octanol–water partition coefficient (Wildman–Crippen LogP) is 4.76. The average Bonchev–Trinajstić information content (AvgIpc) is 3.12. The van der Waals surface area contributed by atoms with Crippen molar-refractivity contribution in [2.45, 2.75) is 95.1 Å². The second kappa shape index (κ2) is 13.7. The number of nitroso groups, excluding NO2 is 1. The summed E-state index contributed by atoms with van der Waals surface area (Å²) in [6.07, 6.45) is 0.160. The molecule has 0 aliphatic heterocycles. The minimum Gasteiger partial charge on any atom is -0.393 e. The fourth-order valence-corrected chi connectivity index (χ4v) is 4.94. The van der Waals surface area contributed by atoms with E-state index in [4.69, 9.17) is 5.21 Å². The van der Waals surface area contributed by atoms with E-state index in [-0.39, 0.29) is 18.3 Å². The Bertz CT molecular complexity index is 777. The number of amides is 1. The van der Waals surface area contributed by atoms with Gasteiger partial charge in [0.05, 0.1) is 23.8 Å². The quantitative estimate of drug-likeness (QED) is 0.130. The lowest BCUT2D eigenvalue weighted by Crippen LogP contribution is -2.23. The van der Waals surface area contributed by atoms with Crippen LogP contribution < -0.4 is 5.48 Å². The van der Waals surface area contributed by atoms with E-state index in [1.807, 2.05) is 0 Å². The Balaban J connectivity index is 1.79. The number of carbonyl (C=O) groups is 1. The second-order valence-corrected chi connectivity index (χ2v) is 9.26. The molecule has 0 saturated heterocycles. The maximum absolute atomic E-state index is 12.9. The molecule has 7 nitrogen and oxygen atoms in total. The van der Waals surface area contributed by atoms with Gasteiger partial charge in [-0.15, -0.1) is 0 Å². The van der Waals surface area contributed by atoms with Crippen LogP contribution in [0.4, 0.5) is 13.2 Å². The summed E-state index contributed by atoms with van der Waals surface area (Å²) in [5, 5.41) is 32.5. The van der Waals surface area contributed by atoms with Crippen molar-refractivity contribution in [2.24, 2.45) is 17.0 Å². The molecule has 1 unspecified atom stereocenters. The number of aryl methyl sites for hydroxylation is 1. The first-order valence-corrected chi connectivity index (χ1v) is 11.9. The Kier molecular flexibility index (Phi) is 11.4. The number of carbonyl (C=O) groups excluding carboxylic acids is 1. The summed E-state index contributed by atoms with van der Waals surface area (Å²) in [6.45, 7) is 0. The summed E-state index contributed by atoms with van der Waals surface area (Å²) in [5.41, 5.74) is 1.39. The van der Waals surface area contributed by atoms with Crippen LogP contribution in [0.5, 0.6) is 0 Å². The molecule has 1 aromatic rings. The Hall–Kier alpha value is -2.04. The molecule has 1 aliphatic rings. The zero-order valence-corrected chi connectivity index (χ0v) is 19.2. The smallest absolute Gasteiger partial charge is 0.393 e. The minimum atomic E-state index is -4.40. The molecule has 34 heavy (non-hydrogen) atoms. The number of aliphatic hydroxyl groups is 2. The Morgan fingerprint density at radius 2 is 1.85 bits per heavy atom. The lowest BCUT2D eigenvalue weighted by molar-refractivity contribution is -0.137. The maximum Gasteiger partial charge on any atom is 0.416 e. The number of halogens is 3. The highest BCUT2D eigenvalue weighted by atomic mass is 19.4. The van der Waals surface area contributed by atoms with Gasteiger partial charge < -0.3 is 10.2 Å². The van der Waals surface area contributed by atoms with Crippen molar-refractivity contribution in [3.8, 4) is 0 Å². The van der Waals surface area contributed by atoms with Gasteiger partial charge in [0.1, 0.15) is 0 Å². The fourth-order valence-electron chi connectivity index (χ4n) is 4.94. The van der Waals surface area contributed by atoms with Crippen LogP contribution in [0.25, 0.3) is 0 Å². The van der Waals surface area contributed by atoms with E-state index in [0.29, 0.717) is 50.5 Å². The van der Waals surface area contributed by atoms with Gasteiger partial charge >= 0.3 is 6.18 Å². The molecule has 0 aromatic heterocycles. The van der Waals surface area contributed by atoms with E-state index in [2.05, 4.69) is 5.18 Å². The highest BCUT2D eigenvalue weighted by Crippen LogP contribution is 2.41. The molecule has 0 heterocycles. The van der Waals surface area contributed by atoms with Gasteiger partial charge in [-0.05, 0) is 68.4 Å². The third kappa shape index (κ3) is 8.96. The predicted molar refractivity (Wildman–Crippen MR) is 120 cm³/mol. The number of aliphatic hydroxyl groups excluding tert-OH is 2. The van der Waals surface area contributed by atoms with Crippen LogP contribution in [0, 0.1) is 16.7 Å². The molecule has 0 radical (unpaired) electrons. The molecule has 192 valence electrons. The van der Waals surface area contributed by atoms with Gasteiger partial charge in [0.25, 0.3) is 0 Å².